The number of carbonyl (C=O) groups excluding carboxylic acids is 1. The van der Waals surface area contributed by atoms with Crippen molar-refractivity contribution in [2.45, 2.75) is 25.7 Å². The van der Waals surface area contributed by atoms with Crippen molar-refractivity contribution in [2.75, 3.05) is 26.7 Å². The molecule has 0 saturated carbocycles. The van der Waals surface area contributed by atoms with Crippen molar-refractivity contribution in [3.63, 3.8) is 0 Å². The molecule has 1 aliphatic heterocycles. The summed E-state index contributed by atoms with van der Waals surface area (Å²) in [6, 6.07) is 10.1. The number of aromatic nitrogens is 2. The number of para-hydroxylation sites is 1. The van der Waals surface area contributed by atoms with Crippen LogP contribution in [0.1, 0.15) is 34.6 Å². The van der Waals surface area contributed by atoms with Crippen LogP contribution in [0.15, 0.2) is 30.3 Å². The number of hydrogen-bond acceptors (Lipinski definition) is 3. The van der Waals surface area contributed by atoms with Gasteiger partial charge in [0.15, 0.2) is 5.69 Å². The number of fused-ring (bicyclic) bond motifs is 1. The van der Waals surface area contributed by atoms with E-state index in [0.717, 1.165) is 51.0 Å². The molecule has 126 valence electrons. The Bertz CT molecular complexity index is 737. The fraction of sp³-hybridized carbons (Fsp3) is 0.474. The summed E-state index contributed by atoms with van der Waals surface area (Å²) in [4.78, 5) is 15.0. The molecular formula is C19H24N4O. The topological polar surface area (TPSA) is 50.2 Å². The number of carbonyl (C=O) groups is 1. The Hall–Kier alpha value is -2.14. The van der Waals surface area contributed by atoms with Crippen LogP contribution < -0.4 is 5.32 Å². The van der Waals surface area contributed by atoms with Gasteiger partial charge in [0, 0.05) is 24.3 Å². The molecule has 5 heteroatoms. The lowest BCUT2D eigenvalue weighted by molar-refractivity contribution is 0.0780. The largest absolute Gasteiger partial charge is 0.337 e. The van der Waals surface area contributed by atoms with Gasteiger partial charge in [0.1, 0.15) is 0 Å². The molecule has 2 heterocycles. The molecule has 1 unspecified atom stereocenters. The molecule has 1 fully saturated rings. The zero-order valence-electron chi connectivity index (χ0n) is 14.2. The molecule has 5 nitrogen and oxygen atoms in total. The SMILES string of the molecule is CNCC1CCN(C(=O)c2nn(-c3ccccc3)c3c2CCC3)C1. The lowest BCUT2D eigenvalue weighted by atomic mass is 10.1. The van der Waals surface area contributed by atoms with E-state index in [1.54, 1.807) is 0 Å². The fourth-order valence-electron chi connectivity index (χ4n) is 4.01. The third-order valence-corrected chi connectivity index (χ3v) is 5.20. The molecule has 0 spiro atoms. The predicted molar refractivity (Wildman–Crippen MR) is 93.5 cm³/mol. The monoisotopic (exact) mass is 324 g/mol. The van der Waals surface area contributed by atoms with Crippen molar-refractivity contribution >= 4 is 5.91 Å². The highest BCUT2D eigenvalue weighted by molar-refractivity contribution is 5.94. The first-order chi connectivity index (χ1) is 11.8. The first-order valence-corrected chi connectivity index (χ1v) is 8.88. The first kappa shape index (κ1) is 15.4. The minimum atomic E-state index is 0.112. The van der Waals surface area contributed by atoms with Gasteiger partial charge in [-0.15, -0.1) is 0 Å². The molecule has 2 aromatic rings. The number of nitrogens with zero attached hydrogens (tertiary/aromatic N) is 3. The molecule has 1 aliphatic carbocycles. The number of rotatable bonds is 4. The molecule has 1 N–H and O–H groups in total. The Kier molecular flexibility index (Phi) is 4.10. The maximum absolute atomic E-state index is 13.0. The summed E-state index contributed by atoms with van der Waals surface area (Å²) < 4.78 is 1.98. The maximum atomic E-state index is 13.0. The third kappa shape index (κ3) is 2.63. The summed E-state index contributed by atoms with van der Waals surface area (Å²) >= 11 is 0. The van der Waals surface area contributed by atoms with Crippen molar-refractivity contribution in [3.8, 4) is 5.69 Å². The highest BCUT2D eigenvalue weighted by atomic mass is 16.2. The van der Waals surface area contributed by atoms with Crippen LogP contribution in [0, 0.1) is 5.92 Å². The molecule has 1 aromatic heterocycles. The molecule has 0 bridgehead atoms. The van der Waals surface area contributed by atoms with E-state index < -0.39 is 0 Å². The number of likely N-dealkylation sites (tertiary alicyclic amines) is 1. The minimum absolute atomic E-state index is 0.112. The Morgan fingerprint density at radius 3 is 2.92 bits per heavy atom. The zero-order chi connectivity index (χ0) is 16.5. The zero-order valence-corrected chi connectivity index (χ0v) is 14.2. The molecule has 0 radical (unpaired) electrons. The van der Waals surface area contributed by atoms with Crippen molar-refractivity contribution in [3.05, 3.63) is 47.3 Å². The number of amides is 1. The van der Waals surface area contributed by atoms with E-state index in [2.05, 4.69) is 17.4 Å². The van der Waals surface area contributed by atoms with Crippen molar-refractivity contribution in [1.82, 2.24) is 20.0 Å². The van der Waals surface area contributed by atoms with Gasteiger partial charge in [0.25, 0.3) is 5.91 Å². The second-order valence-electron chi connectivity index (χ2n) is 6.84. The van der Waals surface area contributed by atoms with Gasteiger partial charge in [0.2, 0.25) is 0 Å². The van der Waals surface area contributed by atoms with Crippen LogP contribution in [0.25, 0.3) is 5.69 Å². The van der Waals surface area contributed by atoms with Gasteiger partial charge >= 0.3 is 0 Å². The molecule has 1 amide bonds. The van der Waals surface area contributed by atoms with E-state index in [-0.39, 0.29) is 5.91 Å². The average molecular weight is 324 g/mol. The normalized spacial score (nSPS) is 19.7. The molecular weight excluding hydrogens is 300 g/mol. The van der Waals surface area contributed by atoms with Crippen LogP contribution in [-0.4, -0.2) is 47.3 Å². The van der Waals surface area contributed by atoms with E-state index in [1.165, 1.54) is 11.3 Å². The second-order valence-corrected chi connectivity index (χ2v) is 6.84. The molecule has 4 rings (SSSR count). The van der Waals surface area contributed by atoms with Crippen LogP contribution in [0.2, 0.25) is 0 Å². The van der Waals surface area contributed by atoms with E-state index in [9.17, 15) is 4.79 Å². The summed E-state index contributed by atoms with van der Waals surface area (Å²) in [6.07, 6.45) is 4.17. The fourth-order valence-corrected chi connectivity index (χ4v) is 4.01. The van der Waals surface area contributed by atoms with Gasteiger partial charge < -0.3 is 10.2 Å². The Balaban J connectivity index is 1.64. The summed E-state index contributed by atoms with van der Waals surface area (Å²) in [6.45, 7) is 2.66. The molecule has 1 aromatic carbocycles. The Labute approximate surface area is 142 Å². The first-order valence-electron chi connectivity index (χ1n) is 8.88. The Morgan fingerprint density at radius 1 is 1.29 bits per heavy atom. The van der Waals surface area contributed by atoms with Crippen molar-refractivity contribution in [1.29, 1.82) is 0 Å². The van der Waals surface area contributed by atoms with E-state index >= 15 is 0 Å². The predicted octanol–water partition coefficient (Wildman–Crippen LogP) is 2.04. The van der Waals surface area contributed by atoms with Crippen LogP contribution in [0.4, 0.5) is 0 Å². The van der Waals surface area contributed by atoms with Gasteiger partial charge in [-0.1, -0.05) is 18.2 Å². The van der Waals surface area contributed by atoms with Gasteiger partial charge in [0.05, 0.1) is 5.69 Å². The van der Waals surface area contributed by atoms with Gasteiger partial charge in [-0.2, -0.15) is 5.10 Å². The van der Waals surface area contributed by atoms with E-state index in [1.807, 2.05) is 34.8 Å². The third-order valence-electron chi connectivity index (χ3n) is 5.20. The van der Waals surface area contributed by atoms with Crippen molar-refractivity contribution in [2.24, 2.45) is 5.92 Å². The van der Waals surface area contributed by atoms with Gasteiger partial charge in [-0.25, -0.2) is 4.68 Å². The second kappa shape index (κ2) is 6.40. The smallest absolute Gasteiger partial charge is 0.274 e. The van der Waals surface area contributed by atoms with E-state index in [0.29, 0.717) is 11.6 Å². The van der Waals surface area contributed by atoms with Crippen LogP contribution in [0.3, 0.4) is 0 Å². The summed E-state index contributed by atoms with van der Waals surface area (Å²) in [5.74, 6) is 0.671. The van der Waals surface area contributed by atoms with Crippen LogP contribution in [0.5, 0.6) is 0 Å². The highest BCUT2D eigenvalue weighted by Gasteiger charge is 2.32. The van der Waals surface area contributed by atoms with Crippen molar-refractivity contribution < 1.29 is 4.79 Å². The quantitative estimate of drug-likeness (QED) is 0.936. The van der Waals surface area contributed by atoms with Crippen LogP contribution in [-0.2, 0) is 12.8 Å². The number of hydrogen-bond donors (Lipinski definition) is 1. The lowest BCUT2D eigenvalue weighted by Gasteiger charge is -2.15. The average Bonchev–Trinajstić information content (AvgIpc) is 3.31. The van der Waals surface area contributed by atoms with E-state index in [4.69, 9.17) is 5.10 Å². The standard InChI is InChI=1S/C19H24N4O/c1-20-12-14-10-11-22(13-14)19(24)18-16-8-5-9-17(16)23(21-18)15-6-3-2-4-7-15/h2-4,6-7,14,20H,5,8-13H2,1H3. The summed E-state index contributed by atoms with van der Waals surface area (Å²) in [5.41, 5.74) is 4.11. The lowest BCUT2D eigenvalue weighted by Crippen LogP contribution is -2.31. The number of nitrogens with one attached hydrogen (secondary N) is 1. The molecule has 2 aliphatic rings. The number of benzene rings is 1. The van der Waals surface area contributed by atoms with Crippen LogP contribution >= 0.6 is 0 Å². The summed E-state index contributed by atoms with van der Waals surface area (Å²) in [5, 5.41) is 7.95. The molecule has 1 saturated heterocycles. The molecule has 24 heavy (non-hydrogen) atoms. The Morgan fingerprint density at radius 2 is 2.12 bits per heavy atom. The molecule has 1 atom stereocenters. The maximum Gasteiger partial charge on any atom is 0.274 e. The summed E-state index contributed by atoms with van der Waals surface area (Å²) in [7, 11) is 1.97. The van der Waals surface area contributed by atoms with Gasteiger partial charge in [-0.3, -0.25) is 4.79 Å². The minimum Gasteiger partial charge on any atom is -0.337 e. The highest BCUT2D eigenvalue weighted by Crippen LogP contribution is 2.29. The van der Waals surface area contributed by atoms with Gasteiger partial charge in [-0.05, 0) is 57.3 Å².